The zero-order valence-electron chi connectivity index (χ0n) is 13.5. The largest absolute Gasteiger partial charge is 0.506 e. The van der Waals surface area contributed by atoms with Gasteiger partial charge in [-0.2, -0.15) is 0 Å². The quantitative estimate of drug-likeness (QED) is 0.741. The molecule has 6 nitrogen and oxygen atoms in total. The Labute approximate surface area is 137 Å². The van der Waals surface area contributed by atoms with E-state index in [4.69, 9.17) is 18.6 Å². The third-order valence-electron chi connectivity index (χ3n) is 3.76. The van der Waals surface area contributed by atoms with E-state index in [0.29, 0.717) is 28.2 Å². The summed E-state index contributed by atoms with van der Waals surface area (Å²) in [5, 5.41) is 11.0. The number of rotatable bonds is 4. The van der Waals surface area contributed by atoms with E-state index in [1.165, 1.54) is 21.3 Å². The first-order valence-corrected chi connectivity index (χ1v) is 7.15. The minimum atomic E-state index is -0.652. The molecule has 124 valence electrons. The van der Waals surface area contributed by atoms with Crippen molar-refractivity contribution in [1.29, 1.82) is 0 Å². The van der Waals surface area contributed by atoms with Gasteiger partial charge in [0.1, 0.15) is 22.6 Å². The van der Waals surface area contributed by atoms with Crippen molar-refractivity contribution in [3.8, 4) is 34.1 Å². The van der Waals surface area contributed by atoms with E-state index < -0.39 is 5.63 Å². The topological polar surface area (TPSA) is 78.1 Å². The van der Waals surface area contributed by atoms with Crippen molar-refractivity contribution < 1.29 is 23.7 Å². The summed E-state index contributed by atoms with van der Waals surface area (Å²) in [6.07, 6.45) is 0. The molecule has 6 heteroatoms. The number of methoxy groups -OCH3 is 3. The monoisotopic (exact) mass is 328 g/mol. The molecule has 3 rings (SSSR count). The number of hydrogen-bond donors (Lipinski definition) is 1. The van der Waals surface area contributed by atoms with E-state index in [0.717, 1.165) is 0 Å². The predicted molar refractivity (Wildman–Crippen MR) is 89.2 cm³/mol. The summed E-state index contributed by atoms with van der Waals surface area (Å²) in [6.45, 7) is 0. The molecule has 0 saturated heterocycles. The van der Waals surface area contributed by atoms with E-state index in [1.54, 1.807) is 36.4 Å². The van der Waals surface area contributed by atoms with Crippen molar-refractivity contribution in [2.24, 2.45) is 0 Å². The van der Waals surface area contributed by atoms with Crippen LogP contribution in [0.15, 0.2) is 45.6 Å². The van der Waals surface area contributed by atoms with Gasteiger partial charge < -0.3 is 23.7 Å². The molecule has 0 fully saturated rings. The molecule has 0 radical (unpaired) electrons. The highest BCUT2D eigenvalue weighted by Crippen LogP contribution is 2.37. The molecule has 0 atom stereocenters. The summed E-state index contributed by atoms with van der Waals surface area (Å²) in [6, 6.07) is 9.79. The molecule has 0 unspecified atom stereocenters. The van der Waals surface area contributed by atoms with Gasteiger partial charge in [0, 0.05) is 6.07 Å². The zero-order chi connectivity index (χ0) is 17.3. The van der Waals surface area contributed by atoms with Gasteiger partial charge in [-0.1, -0.05) is 6.07 Å². The van der Waals surface area contributed by atoms with Crippen LogP contribution in [0, 0.1) is 0 Å². The van der Waals surface area contributed by atoms with Gasteiger partial charge >= 0.3 is 5.63 Å². The molecular formula is C18H16O6. The highest BCUT2D eigenvalue weighted by Gasteiger charge is 2.18. The SMILES string of the molecule is COc1ccc2c(O)c(-c3ccc(OC)c(OC)c3)c(=O)oc2c1. The first kappa shape index (κ1) is 15.7. The van der Waals surface area contributed by atoms with Gasteiger partial charge in [0.05, 0.1) is 26.7 Å². The average molecular weight is 328 g/mol. The highest BCUT2D eigenvalue weighted by atomic mass is 16.5. The summed E-state index contributed by atoms with van der Waals surface area (Å²) in [4.78, 5) is 12.4. The highest BCUT2D eigenvalue weighted by molar-refractivity contribution is 5.91. The normalized spacial score (nSPS) is 10.6. The standard InChI is InChI=1S/C18H16O6/c1-21-11-5-6-12-14(9-11)24-18(20)16(17(12)19)10-4-7-13(22-2)15(8-10)23-3/h4-9,19H,1-3H3. The van der Waals surface area contributed by atoms with Gasteiger partial charge in [0.2, 0.25) is 0 Å². The van der Waals surface area contributed by atoms with Crippen LogP contribution in [0.5, 0.6) is 23.0 Å². The predicted octanol–water partition coefficient (Wildman–Crippen LogP) is 3.19. The zero-order valence-corrected chi connectivity index (χ0v) is 13.5. The van der Waals surface area contributed by atoms with Gasteiger partial charge in [-0.05, 0) is 29.8 Å². The van der Waals surface area contributed by atoms with E-state index in [2.05, 4.69) is 0 Å². The van der Waals surface area contributed by atoms with E-state index >= 15 is 0 Å². The number of aromatic hydroxyl groups is 1. The maximum Gasteiger partial charge on any atom is 0.347 e. The van der Waals surface area contributed by atoms with E-state index in [9.17, 15) is 9.90 Å². The van der Waals surface area contributed by atoms with Crippen LogP contribution in [0.1, 0.15) is 0 Å². The van der Waals surface area contributed by atoms with Crippen molar-refractivity contribution in [1.82, 2.24) is 0 Å². The van der Waals surface area contributed by atoms with Crippen molar-refractivity contribution in [2.45, 2.75) is 0 Å². The molecule has 3 aromatic rings. The lowest BCUT2D eigenvalue weighted by molar-refractivity contribution is 0.355. The second-order valence-electron chi connectivity index (χ2n) is 5.04. The summed E-state index contributed by atoms with van der Waals surface area (Å²) < 4.78 is 20.9. The van der Waals surface area contributed by atoms with Gasteiger partial charge in [0.15, 0.2) is 11.5 Å². The smallest absolute Gasteiger partial charge is 0.347 e. The number of fused-ring (bicyclic) bond motifs is 1. The maximum atomic E-state index is 12.4. The van der Waals surface area contributed by atoms with Crippen LogP contribution >= 0.6 is 0 Å². The third kappa shape index (κ3) is 2.52. The number of ether oxygens (including phenoxy) is 3. The Morgan fingerprint density at radius 2 is 1.67 bits per heavy atom. The number of hydrogen-bond acceptors (Lipinski definition) is 6. The Kier molecular flexibility index (Phi) is 4.04. The van der Waals surface area contributed by atoms with Gasteiger partial charge in [-0.3, -0.25) is 0 Å². The second-order valence-corrected chi connectivity index (χ2v) is 5.04. The van der Waals surface area contributed by atoms with Crippen LogP contribution in [0.4, 0.5) is 0 Å². The van der Waals surface area contributed by atoms with Gasteiger partial charge in [0.25, 0.3) is 0 Å². The fourth-order valence-corrected chi connectivity index (χ4v) is 2.54. The van der Waals surface area contributed by atoms with Crippen molar-refractivity contribution in [3.05, 3.63) is 46.8 Å². The molecule has 2 aromatic carbocycles. The van der Waals surface area contributed by atoms with E-state index in [1.807, 2.05) is 0 Å². The Balaban J connectivity index is 2.25. The molecular weight excluding hydrogens is 312 g/mol. The maximum absolute atomic E-state index is 12.4. The van der Waals surface area contributed by atoms with Crippen LogP contribution in [-0.4, -0.2) is 26.4 Å². The van der Waals surface area contributed by atoms with Crippen LogP contribution < -0.4 is 19.8 Å². The molecule has 1 heterocycles. The first-order valence-electron chi connectivity index (χ1n) is 7.15. The first-order chi connectivity index (χ1) is 11.6. The Morgan fingerprint density at radius 3 is 2.33 bits per heavy atom. The molecule has 0 bridgehead atoms. The Bertz CT molecular complexity index is 958. The molecule has 0 aliphatic heterocycles. The molecule has 1 aromatic heterocycles. The van der Waals surface area contributed by atoms with Crippen LogP contribution in [0.2, 0.25) is 0 Å². The van der Waals surface area contributed by atoms with Crippen LogP contribution in [-0.2, 0) is 0 Å². The molecule has 24 heavy (non-hydrogen) atoms. The summed E-state index contributed by atoms with van der Waals surface area (Å²) in [5.41, 5.74) is 0.131. The second kappa shape index (κ2) is 6.16. The lowest BCUT2D eigenvalue weighted by atomic mass is 10.0. The Hall–Kier alpha value is -3.15. The van der Waals surface area contributed by atoms with Crippen molar-refractivity contribution in [2.75, 3.05) is 21.3 Å². The lowest BCUT2D eigenvalue weighted by Crippen LogP contribution is -2.04. The minimum absolute atomic E-state index is 0.0635. The van der Waals surface area contributed by atoms with Crippen LogP contribution in [0.25, 0.3) is 22.1 Å². The number of benzene rings is 2. The summed E-state index contributed by atoms with van der Waals surface area (Å²) in [5.74, 6) is 1.35. The fourth-order valence-electron chi connectivity index (χ4n) is 2.54. The molecule has 0 saturated carbocycles. The molecule has 0 aliphatic carbocycles. The van der Waals surface area contributed by atoms with Gasteiger partial charge in [-0.15, -0.1) is 0 Å². The lowest BCUT2D eigenvalue weighted by Gasteiger charge is -2.11. The molecule has 0 spiro atoms. The van der Waals surface area contributed by atoms with Crippen molar-refractivity contribution >= 4 is 11.0 Å². The third-order valence-corrected chi connectivity index (χ3v) is 3.76. The fraction of sp³-hybridized carbons (Fsp3) is 0.167. The minimum Gasteiger partial charge on any atom is -0.506 e. The average Bonchev–Trinajstić information content (AvgIpc) is 2.60. The molecule has 1 N–H and O–H groups in total. The molecule has 0 aliphatic rings. The van der Waals surface area contributed by atoms with Crippen molar-refractivity contribution in [3.63, 3.8) is 0 Å². The summed E-state index contributed by atoms with van der Waals surface area (Å²) in [7, 11) is 4.53. The summed E-state index contributed by atoms with van der Waals surface area (Å²) >= 11 is 0. The van der Waals surface area contributed by atoms with E-state index in [-0.39, 0.29) is 16.9 Å². The Morgan fingerprint density at radius 1 is 0.917 bits per heavy atom. The van der Waals surface area contributed by atoms with Gasteiger partial charge in [-0.25, -0.2) is 4.79 Å². The van der Waals surface area contributed by atoms with Crippen LogP contribution in [0.3, 0.4) is 0 Å². The molecule has 0 amide bonds.